The molecule has 1 aliphatic heterocycles. The molecule has 1 aromatic carbocycles. The van der Waals surface area contributed by atoms with Gasteiger partial charge in [-0.3, -0.25) is 4.79 Å². The van der Waals surface area contributed by atoms with E-state index in [0.717, 1.165) is 12.0 Å². The molecule has 5 heteroatoms. The first-order valence-electron chi connectivity index (χ1n) is 8.03. The van der Waals surface area contributed by atoms with Crippen molar-refractivity contribution in [2.75, 3.05) is 19.8 Å². The van der Waals surface area contributed by atoms with Gasteiger partial charge >= 0.3 is 0 Å². The lowest BCUT2D eigenvalue weighted by Gasteiger charge is -2.36. The molecule has 23 heavy (non-hydrogen) atoms. The molecule has 1 unspecified atom stereocenters. The SMILES string of the molecule is CC(C)CC1COCCN1C(=O)c1ccc(-c2cnco2)cc1. The molecule has 0 spiro atoms. The van der Waals surface area contributed by atoms with Crippen LogP contribution in [0.1, 0.15) is 30.6 Å². The summed E-state index contributed by atoms with van der Waals surface area (Å²) >= 11 is 0. The van der Waals surface area contributed by atoms with Gasteiger partial charge in [-0.25, -0.2) is 4.98 Å². The Morgan fingerprint density at radius 1 is 1.35 bits per heavy atom. The summed E-state index contributed by atoms with van der Waals surface area (Å²) in [7, 11) is 0. The molecule has 122 valence electrons. The van der Waals surface area contributed by atoms with Gasteiger partial charge in [-0.1, -0.05) is 26.0 Å². The smallest absolute Gasteiger partial charge is 0.254 e. The summed E-state index contributed by atoms with van der Waals surface area (Å²) in [5.74, 6) is 1.31. The van der Waals surface area contributed by atoms with Crippen molar-refractivity contribution in [2.45, 2.75) is 26.3 Å². The molecule has 2 aromatic rings. The zero-order chi connectivity index (χ0) is 16.2. The van der Waals surface area contributed by atoms with Crippen molar-refractivity contribution in [3.8, 4) is 11.3 Å². The fourth-order valence-electron chi connectivity index (χ4n) is 2.96. The molecule has 3 rings (SSSR count). The van der Waals surface area contributed by atoms with Crippen LogP contribution in [0.4, 0.5) is 0 Å². The number of hydrogen-bond acceptors (Lipinski definition) is 4. The predicted octanol–water partition coefficient (Wildman–Crippen LogP) is 3.23. The minimum atomic E-state index is 0.0723. The topological polar surface area (TPSA) is 55.6 Å². The van der Waals surface area contributed by atoms with Crippen LogP contribution < -0.4 is 0 Å². The van der Waals surface area contributed by atoms with Gasteiger partial charge in [0.2, 0.25) is 0 Å². The molecule has 5 nitrogen and oxygen atoms in total. The maximum Gasteiger partial charge on any atom is 0.254 e. The van der Waals surface area contributed by atoms with Crippen LogP contribution in [0.2, 0.25) is 0 Å². The Kier molecular flexibility index (Phi) is 4.76. The van der Waals surface area contributed by atoms with Crippen molar-refractivity contribution in [1.29, 1.82) is 0 Å². The van der Waals surface area contributed by atoms with E-state index < -0.39 is 0 Å². The van der Waals surface area contributed by atoms with Crippen molar-refractivity contribution in [2.24, 2.45) is 5.92 Å². The highest BCUT2D eigenvalue weighted by molar-refractivity contribution is 5.95. The van der Waals surface area contributed by atoms with Gasteiger partial charge in [0.1, 0.15) is 0 Å². The van der Waals surface area contributed by atoms with Gasteiger partial charge in [0.05, 0.1) is 25.5 Å². The molecule has 1 saturated heterocycles. The molecular formula is C18H22N2O3. The number of amides is 1. The second kappa shape index (κ2) is 6.96. The summed E-state index contributed by atoms with van der Waals surface area (Å²) in [6, 6.07) is 7.65. The average Bonchev–Trinajstić information content (AvgIpc) is 3.09. The molecule has 0 N–H and O–H groups in total. The van der Waals surface area contributed by atoms with Crippen LogP contribution in [0.25, 0.3) is 11.3 Å². The van der Waals surface area contributed by atoms with Crippen molar-refractivity contribution in [3.05, 3.63) is 42.4 Å². The van der Waals surface area contributed by atoms with Crippen molar-refractivity contribution < 1.29 is 13.9 Å². The number of oxazole rings is 1. The number of hydrogen-bond donors (Lipinski definition) is 0. The van der Waals surface area contributed by atoms with Crippen LogP contribution in [0.3, 0.4) is 0 Å². The quantitative estimate of drug-likeness (QED) is 0.869. The second-order valence-corrected chi connectivity index (χ2v) is 6.30. The monoisotopic (exact) mass is 314 g/mol. The zero-order valence-corrected chi connectivity index (χ0v) is 13.6. The normalized spacial score (nSPS) is 18.4. The van der Waals surface area contributed by atoms with Gasteiger partial charge in [0.15, 0.2) is 12.2 Å². The van der Waals surface area contributed by atoms with E-state index in [-0.39, 0.29) is 11.9 Å². The third-order valence-corrected chi connectivity index (χ3v) is 4.08. The molecule has 1 amide bonds. The van der Waals surface area contributed by atoms with Gasteiger partial charge in [-0.05, 0) is 24.5 Å². The number of nitrogens with zero attached hydrogens (tertiary/aromatic N) is 2. The van der Waals surface area contributed by atoms with E-state index in [2.05, 4.69) is 18.8 Å². The van der Waals surface area contributed by atoms with E-state index in [1.165, 1.54) is 6.39 Å². The third-order valence-electron chi connectivity index (χ3n) is 4.08. The Morgan fingerprint density at radius 2 is 2.13 bits per heavy atom. The van der Waals surface area contributed by atoms with Crippen molar-refractivity contribution in [1.82, 2.24) is 9.88 Å². The first-order chi connectivity index (χ1) is 11.1. The van der Waals surface area contributed by atoms with Gasteiger partial charge in [-0.2, -0.15) is 0 Å². The second-order valence-electron chi connectivity index (χ2n) is 6.30. The zero-order valence-electron chi connectivity index (χ0n) is 13.6. The number of aromatic nitrogens is 1. The van der Waals surface area contributed by atoms with Crippen LogP contribution >= 0.6 is 0 Å². The van der Waals surface area contributed by atoms with E-state index in [0.29, 0.717) is 37.0 Å². The number of rotatable bonds is 4. The van der Waals surface area contributed by atoms with Crippen LogP contribution in [0.15, 0.2) is 41.3 Å². The molecule has 0 saturated carbocycles. The molecule has 0 aliphatic carbocycles. The molecule has 1 atom stereocenters. The number of benzene rings is 1. The van der Waals surface area contributed by atoms with Crippen LogP contribution in [-0.4, -0.2) is 41.6 Å². The highest BCUT2D eigenvalue weighted by atomic mass is 16.5. The third kappa shape index (κ3) is 3.62. The molecule has 1 aliphatic rings. The summed E-state index contributed by atoms with van der Waals surface area (Å²) in [6.45, 7) is 6.23. The highest BCUT2D eigenvalue weighted by Gasteiger charge is 2.28. The summed E-state index contributed by atoms with van der Waals surface area (Å²) in [6.07, 6.45) is 4.03. The number of carbonyl (C=O) groups excluding carboxylic acids is 1. The highest BCUT2D eigenvalue weighted by Crippen LogP contribution is 2.22. The number of morpholine rings is 1. The first kappa shape index (κ1) is 15.7. The fourth-order valence-corrected chi connectivity index (χ4v) is 2.96. The van der Waals surface area contributed by atoms with Gasteiger partial charge in [0, 0.05) is 17.7 Å². The maximum absolute atomic E-state index is 12.8. The molecule has 2 heterocycles. The molecule has 0 radical (unpaired) electrons. The van der Waals surface area contributed by atoms with E-state index in [1.54, 1.807) is 6.20 Å². The van der Waals surface area contributed by atoms with E-state index in [1.807, 2.05) is 29.2 Å². The molecule has 1 aromatic heterocycles. The molecule has 1 fully saturated rings. The standard InChI is InChI=1S/C18H22N2O3/c1-13(2)9-16-11-22-8-7-20(16)18(21)15-5-3-14(4-6-15)17-10-19-12-23-17/h3-6,10,12-13,16H,7-9,11H2,1-2H3. The minimum absolute atomic E-state index is 0.0723. The Balaban J connectivity index is 1.76. The van der Waals surface area contributed by atoms with Gasteiger partial charge in [0.25, 0.3) is 5.91 Å². The Labute approximate surface area is 136 Å². The summed E-state index contributed by atoms with van der Waals surface area (Å²) in [4.78, 5) is 18.7. The van der Waals surface area contributed by atoms with E-state index in [9.17, 15) is 4.79 Å². The Hall–Kier alpha value is -2.14. The van der Waals surface area contributed by atoms with Gasteiger partial charge in [-0.15, -0.1) is 0 Å². The average molecular weight is 314 g/mol. The summed E-state index contributed by atoms with van der Waals surface area (Å²) in [5, 5.41) is 0. The lowest BCUT2D eigenvalue weighted by atomic mass is 10.0. The van der Waals surface area contributed by atoms with Gasteiger partial charge < -0.3 is 14.1 Å². The maximum atomic E-state index is 12.8. The summed E-state index contributed by atoms with van der Waals surface area (Å²) < 4.78 is 10.8. The van der Waals surface area contributed by atoms with Crippen LogP contribution in [-0.2, 0) is 4.74 Å². The first-order valence-corrected chi connectivity index (χ1v) is 8.03. The molecule has 0 bridgehead atoms. The van der Waals surface area contributed by atoms with Crippen LogP contribution in [0, 0.1) is 5.92 Å². The summed E-state index contributed by atoms with van der Waals surface area (Å²) in [5.41, 5.74) is 1.61. The lowest BCUT2D eigenvalue weighted by molar-refractivity contribution is -0.00746. The van der Waals surface area contributed by atoms with Crippen molar-refractivity contribution in [3.63, 3.8) is 0 Å². The fraction of sp³-hybridized carbons (Fsp3) is 0.444. The number of ether oxygens (including phenoxy) is 1. The van der Waals surface area contributed by atoms with E-state index >= 15 is 0 Å². The Bertz CT molecular complexity index is 635. The Morgan fingerprint density at radius 3 is 2.78 bits per heavy atom. The number of carbonyl (C=O) groups is 1. The lowest BCUT2D eigenvalue weighted by Crippen LogP contribution is -2.49. The van der Waals surface area contributed by atoms with Crippen molar-refractivity contribution >= 4 is 5.91 Å². The molecular weight excluding hydrogens is 292 g/mol. The van der Waals surface area contributed by atoms with Crippen LogP contribution in [0.5, 0.6) is 0 Å². The largest absolute Gasteiger partial charge is 0.444 e. The predicted molar refractivity (Wildman–Crippen MR) is 87.0 cm³/mol. The minimum Gasteiger partial charge on any atom is -0.444 e. The van der Waals surface area contributed by atoms with E-state index in [4.69, 9.17) is 9.15 Å².